The van der Waals surface area contributed by atoms with Gasteiger partial charge >= 0.3 is 5.97 Å². The third-order valence-corrected chi connectivity index (χ3v) is 4.82. The largest absolute Gasteiger partial charge is 0.459 e. The third-order valence-electron chi connectivity index (χ3n) is 4.82. The summed E-state index contributed by atoms with van der Waals surface area (Å²) in [4.78, 5) is 12.2. The fourth-order valence-electron chi connectivity index (χ4n) is 3.24. The lowest BCUT2D eigenvalue weighted by molar-refractivity contribution is 0.0162. The number of nitrogens with zero attached hydrogens (tertiary/aromatic N) is 1. The SMILES string of the molecule is CCc1ccc(C(=O)OC2CCC(CC/C=C/C=CC#N)CC2)cc1. The Kier molecular flexibility index (Phi) is 7.98. The van der Waals surface area contributed by atoms with Crippen molar-refractivity contribution in [3.63, 3.8) is 0 Å². The van der Waals surface area contributed by atoms with Gasteiger partial charge in [-0.25, -0.2) is 4.79 Å². The van der Waals surface area contributed by atoms with Crippen LogP contribution >= 0.6 is 0 Å². The number of carbonyl (C=O) groups excluding carboxylic acids is 1. The van der Waals surface area contributed by atoms with Crippen LogP contribution in [0.2, 0.25) is 0 Å². The van der Waals surface area contributed by atoms with Gasteiger partial charge in [0.25, 0.3) is 0 Å². The molecule has 0 aromatic heterocycles. The number of esters is 1. The molecule has 1 aliphatic rings. The highest BCUT2D eigenvalue weighted by atomic mass is 16.5. The van der Waals surface area contributed by atoms with E-state index in [0.29, 0.717) is 11.5 Å². The quantitative estimate of drug-likeness (QED) is 0.381. The smallest absolute Gasteiger partial charge is 0.338 e. The maximum Gasteiger partial charge on any atom is 0.338 e. The molecule has 1 aromatic carbocycles. The lowest BCUT2D eigenvalue weighted by atomic mass is 9.84. The molecule has 0 saturated heterocycles. The van der Waals surface area contributed by atoms with Crippen LogP contribution in [-0.2, 0) is 11.2 Å². The van der Waals surface area contributed by atoms with Gasteiger partial charge in [0.1, 0.15) is 6.10 Å². The van der Waals surface area contributed by atoms with Crippen LogP contribution in [-0.4, -0.2) is 12.1 Å². The zero-order valence-corrected chi connectivity index (χ0v) is 15.0. The first-order valence-corrected chi connectivity index (χ1v) is 9.24. The topological polar surface area (TPSA) is 50.1 Å². The number of carbonyl (C=O) groups is 1. The van der Waals surface area contributed by atoms with Crippen LogP contribution in [0.1, 0.15) is 61.4 Å². The van der Waals surface area contributed by atoms with E-state index in [1.807, 2.05) is 36.4 Å². The molecule has 3 heteroatoms. The van der Waals surface area contributed by atoms with Crippen molar-refractivity contribution in [3.8, 4) is 6.07 Å². The molecule has 0 bridgehead atoms. The van der Waals surface area contributed by atoms with Crippen molar-refractivity contribution in [2.45, 2.75) is 58.0 Å². The summed E-state index contributed by atoms with van der Waals surface area (Å²) >= 11 is 0. The van der Waals surface area contributed by atoms with Gasteiger partial charge in [-0.15, -0.1) is 0 Å². The van der Waals surface area contributed by atoms with E-state index in [9.17, 15) is 4.79 Å². The number of benzene rings is 1. The van der Waals surface area contributed by atoms with Crippen LogP contribution < -0.4 is 0 Å². The fourth-order valence-corrected chi connectivity index (χ4v) is 3.24. The van der Waals surface area contributed by atoms with Crippen molar-refractivity contribution in [3.05, 3.63) is 59.7 Å². The number of rotatable bonds is 7. The van der Waals surface area contributed by atoms with Crippen LogP contribution in [0.3, 0.4) is 0 Å². The van der Waals surface area contributed by atoms with Gasteiger partial charge in [-0.3, -0.25) is 0 Å². The molecule has 132 valence electrons. The van der Waals surface area contributed by atoms with Crippen molar-refractivity contribution in [2.24, 2.45) is 5.92 Å². The van der Waals surface area contributed by atoms with Gasteiger partial charge in [-0.2, -0.15) is 5.26 Å². The van der Waals surface area contributed by atoms with Crippen molar-refractivity contribution in [1.29, 1.82) is 5.26 Å². The van der Waals surface area contributed by atoms with Crippen LogP contribution in [0.25, 0.3) is 0 Å². The Balaban J connectivity index is 1.69. The Morgan fingerprint density at radius 2 is 1.92 bits per heavy atom. The van der Waals surface area contributed by atoms with Gasteiger partial charge in [0.05, 0.1) is 11.6 Å². The Hall–Kier alpha value is -2.34. The molecule has 25 heavy (non-hydrogen) atoms. The first kappa shape index (κ1) is 19.0. The molecule has 0 amide bonds. The Morgan fingerprint density at radius 1 is 1.20 bits per heavy atom. The number of aryl methyl sites for hydroxylation is 1. The molecule has 0 N–H and O–H groups in total. The maximum atomic E-state index is 12.2. The molecule has 1 saturated carbocycles. The molecule has 1 aliphatic carbocycles. The van der Waals surface area contributed by atoms with Gasteiger partial charge < -0.3 is 4.74 Å². The van der Waals surface area contributed by atoms with Crippen LogP contribution in [0.4, 0.5) is 0 Å². The number of hydrogen-bond acceptors (Lipinski definition) is 3. The normalized spacial score (nSPS) is 20.6. The summed E-state index contributed by atoms with van der Waals surface area (Å²) in [6, 6.07) is 9.68. The van der Waals surface area contributed by atoms with E-state index in [1.54, 1.807) is 6.08 Å². The fraction of sp³-hybridized carbons (Fsp3) is 0.455. The van der Waals surface area contributed by atoms with Gasteiger partial charge in [0, 0.05) is 6.08 Å². The molecule has 0 spiro atoms. The highest BCUT2D eigenvalue weighted by Crippen LogP contribution is 2.30. The molecular formula is C22H27NO2. The minimum Gasteiger partial charge on any atom is -0.459 e. The Morgan fingerprint density at radius 3 is 2.56 bits per heavy atom. The minimum absolute atomic E-state index is 0.0590. The van der Waals surface area contributed by atoms with E-state index in [0.717, 1.165) is 44.9 Å². The van der Waals surface area contributed by atoms with Gasteiger partial charge in [-0.1, -0.05) is 37.3 Å². The van der Waals surface area contributed by atoms with Gasteiger partial charge in [-0.05, 0) is 68.6 Å². The zero-order valence-electron chi connectivity index (χ0n) is 15.0. The molecule has 2 rings (SSSR count). The number of ether oxygens (including phenoxy) is 1. The predicted octanol–water partition coefficient (Wildman–Crippen LogP) is 5.38. The Labute approximate surface area is 151 Å². The lowest BCUT2D eigenvalue weighted by Gasteiger charge is -2.28. The van der Waals surface area contributed by atoms with E-state index in [4.69, 9.17) is 10.00 Å². The van der Waals surface area contributed by atoms with E-state index in [2.05, 4.69) is 13.0 Å². The summed E-state index contributed by atoms with van der Waals surface area (Å²) in [6.45, 7) is 2.10. The first-order chi connectivity index (χ1) is 12.2. The highest BCUT2D eigenvalue weighted by Gasteiger charge is 2.23. The minimum atomic E-state index is -0.196. The van der Waals surface area contributed by atoms with Crippen molar-refractivity contribution in [2.75, 3.05) is 0 Å². The molecule has 0 atom stereocenters. The molecule has 0 aliphatic heterocycles. The first-order valence-electron chi connectivity index (χ1n) is 9.24. The van der Waals surface area contributed by atoms with E-state index >= 15 is 0 Å². The summed E-state index contributed by atoms with van der Waals surface area (Å²) in [5.41, 5.74) is 1.88. The molecular weight excluding hydrogens is 310 g/mol. The summed E-state index contributed by atoms with van der Waals surface area (Å²) in [5.74, 6) is 0.515. The average Bonchev–Trinajstić information content (AvgIpc) is 2.66. The molecule has 0 heterocycles. The molecule has 1 fully saturated rings. The standard InChI is InChI=1S/C22H27NO2/c1-2-18-9-13-20(14-10-18)22(24)25-21-15-11-19(12-16-21)8-6-4-3-5-7-17-23/h3-5,7,9-10,13-14,19,21H,2,6,8,11-12,15-16H2,1H3/b4-3+,7-5?. The summed E-state index contributed by atoms with van der Waals surface area (Å²) in [7, 11) is 0. The summed E-state index contributed by atoms with van der Waals surface area (Å²) < 4.78 is 5.68. The van der Waals surface area contributed by atoms with Gasteiger partial charge in [0.2, 0.25) is 0 Å². The van der Waals surface area contributed by atoms with Crippen LogP contribution in [0, 0.1) is 17.2 Å². The lowest BCUT2D eigenvalue weighted by Crippen LogP contribution is -2.24. The Bertz CT molecular complexity index is 629. The molecule has 3 nitrogen and oxygen atoms in total. The average molecular weight is 337 g/mol. The van der Waals surface area contributed by atoms with E-state index < -0.39 is 0 Å². The second-order valence-corrected chi connectivity index (χ2v) is 6.59. The third kappa shape index (κ3) is 6.58. The number of allylic oxidation sites excluding steroid dienone is 4. The van der Waals surface area contributed by atoms with Crippen molar-refractivity contribution in [1.82, 2.24) is 0 Å². The summed E-state index contributed by atoms with van der Waals surface area (Å²) in [6.07, 6.45) is 14.7. The molecule has 0 radical (unpaired) electrons. The van der Waals surface area contributed by atoms with Crippen LogP contribution in [0.15, 0.2) is 48.6 Å². The number of nitriles is 1. The zero-order chi connectivity index (χ0) is 17.9. The van der Waals surface area contributed by atoms with Crippen molar-refractivity contribution < 1.29 is 9.53 Å². The summed E-state index contributed by atoms with van der Waals surface area (Å²) in [5, 5.41) is 8.40. The molecule has 1 aromatic rings. The highest BCUT2D eigenvalue weighted by molar-refractivity contribution is 5.89. The van der Waals surface area contributed by atoms with Crippen molar-refractivity contribution >= 4 is 5.97 Å². The van der Waals surface area contributed by atoms with E-state index in [-0.39, 0.29) is 12.1 Å². The second kappa shape index (κ2) is 10.5. The molecule has 0 unspecified atom stereocenters. The monoisotopic (exact) mass is 337 g/mol. The predicted molar refractivity (Wildman–Crippen MR) is 100 cm³/mol. The van der Waals surface area contributed by atoms with E-state index in [1.165, 1.54) is 11.6 Å². The second-order valence-electron chi connectivity index (χ2n) is 6.59. The maximum absolute atomic E-state index is 12.2. The van der Waals surface area contributed by atoms with Gasteiger partial charge in [0.15, 0.2) is 0 Å². The number of hydrogen-bond donors (Lipinski definition) is 0. The van der Waals surface area contributed by atoms with Crippen LogP contribution in [0.5, 0.6) is 0 Å².